The molecule has 2 heterocycles. The summed E-state index contributed by atoms with van der Waals surface area (Å²) in [5.74, 6) is -1.47. The first-order valence-corrected chi connectivity index (χ1v) is 7.96. The van der Waals surface area contributed by atoms with Gasteiger partial charge in [0.05, 0.1) is 19.6 Å². The van der Waals surface area contributed by atoms with E-state index in [4.69, 9.17) is 14.6 Å². The van der Waals surface area contributed by atoms with Gasteiger partial charge in [-0.15, -0.1) is 0 Å². The maximum atomic E-state index is 11.9. The predicted octanol–water partition coefficient (Wildman–Crippen LogP) is 2.08. The fourth-order valence-electron chi connectivity index (χ4n) is 3.11. The number of aliphatic carboxylic acids is 1. The van der Waals surface area contributed by atoms with Gasteiger partial charge in [-0.2, -0.15) is 0 Å². The normalized spacial score (nSPS) is 19.9. The highest BCUT2D eigenvalue weighted by molar-refractivity contribution is 5.97. The Balaban J connectivity index is 1.57. The average molecular weight is 319 g/mol. The maximum Gasteiger partial charge on any atom is 0.303 e. The van der Waals surface area contributed by atoms with Crippen LogP contribution in [0.25, 0.3) is 0 Å². The van der Waals surface area contributed by atoms with Crippen molar-refractivity contribution in [1.82, 2.24) is 0 Å². The lowest BCUT2D eigenvalue weighted by molar-refractivity contribution is -0.169. The van der Waals surface area contributed by atoms with E-state index in [1.165, 1.54) is 0 Å². The monoisotopic (exact) mass is 319 g/mol. The summed E-state index contributed by atoms with van der Waals surface area (Å²) in [7, 11) is 0. The van der Waals surface area contributed by atoms with Crippen molar-refractivity contribution in [1.29, 1.82) is 0 Å². The molecule has 1 spiro atoms. The first kappa shape index (κ1) is 16.0. The van der Waals surface area contributed by atoms with Crippen molar-refractivity contribution in [2.45, 2.75) is 31.5 Å². The number of carbonyl (C=O) groups excluding carboxylic acids is 1. The van der Waals surface area contributed by atoms with Gasteiger partial charge in [-0.3, -0.25) is 9.59 Å². The summed E-state index contributed by atoms with van der Waals surface area (Å²) in [6, 6.07) is 7.38. The molecule has 6 heteroatoms. The van der Waals surface area contributed by atoms with Crippen LogP contribution in [0.5, 0.6) is 0 Å². The second kappa shape index (κ2) is 6.68. The molecule has 0 saturated carbocycles. The second-order valence-corrected chi connectivity index (χ2v) is 5.96. The molecule has 23 heavy (non-hydrogen) atoms. The number of carbonyl (C=O) groups is 2. The molecule has 124 valence electrons. The molecule has 0 radical (unpaired) electrons. The Morgan fingerprint density at radius 3 is 2.22 bits per heavy atom. The summed E-state index contributed by atoms with van der Waals surface area (Å²) < 4.78 is 11.4. The number of carboxylic acids is 1. The molecule has 0 amide bonds. The van der Waals surface area contributed by atoms with Crippen molar-refractivity contribution in [3.05, 3.63) is 29.8 Å². The minimum Gasteiger partial charge on any atom is -0.481 e. The molecule has 0 unspecified atom stereocenters. The number of rotatable bonds is 5. The molecule has 2 fully saturated rings. The first-order chi connectivity index (χ1) is 11.1. The van der Waals surface area contributed by atoms with Crippen LogP contribution in [0.15, 0.2) is 24.3 Å². The van der Waals surface area contributed by atoms with Crippen molar-refractivity contribution in [2.75, 3.05) is 31.2 Å². The maximum absolute atomic E-state index is 11.9. The number of carboxylic acid groups (broad SMARTS) is 1. The minimum atomic E-state index is -0.950. The molecule has 2 aliphatic heterocycles. The van der Waals surface area contributed by atoms with Crippen LogP contribution in [-0.4, -0.2) is 48.9 Å². The van der Waals surface area contributed by atoms with Gasteiger partial charge in [-0.25, -0.2) is 0 Å². The zero-order valence-electron chi connectivity index (χ0n) is 13.0. The highest BCUT2D eigenvalue weighted by Gasteiger charge is 2.39. The van der Waals surface area contributed by atoms with Crippen molar-refractivity contribution in [3.63, 3.8) is 0 Å². The molecule has 0 aromatic heterocycles. The predicted molar refractivity (Wildman–Crippen MR) is 83.7 cm³/mol. The van der Waals surface area contributed by atoms with E-state index in [0.29, 0.717) is 18.8 Å². The number of benzene rings is 1. The molecular formula is C17H21NO5. The van der Waals surface area contributed by atoms with Gasteiger partial charge in [-0.05, 0) is 24.3 Å². The van der Waals surface area contributed by atoms with Gasteiger partial charge in [0.25, 0.3) is 0 Å². The molecule has 3 rings (SSSR count). The van der Waals surface area contributed by atoms with Gasteiger partial charge in [-0.1, -0.05) is 0 Å². The number of anilines is 1. The number of piperidine rings is 1. The molecule has 1 aromatic rings. The van der Waals surface area contributed by atoms with Gasteiger partial charge in [0.15, 0.2) is 11.6 Å². The summed E-state index contributed by atoms with van der Waals surface area (Å²) >= 11 is 0. The molecule has 1 aromatic carbocycles. The highest BCUT2D eigenvalue weighted by Crippen LogP contribution is 2.33. The van der Waals surface area contributed by atoms with Crippen molar-refractivity contribution in [2.24, 2.45) is 0 Å². The number of nitrogens with zero attached hydrogens (tertiary/aromatic N) is 1. The van der Waals surface area contributed by atoms with E-state index in [0.717, 1.165) is 31.6 Å². The molecule has 1 N–H and O–H groups in total. The van der Waals surface area contributed by atoms with Crippen LogP contribution in [0.1, 0.15) is 36.0 Å². The summed E-state index contributed by atoms with van der Waals surface area (Å²) in [6.07, 6.45) is 1.59. The zero-order valence-corrected chi connectivity index (χ0v) is 13.0. The van der Waals surface area contributed by atoms with Crippen LogP contribution in [0.2, 0.25) is 0 Å². The van der Waals surface area contributed by atoms with Crippen LogP contribution in [0.4, 0.5) is 5.69 Å². The third-order valence-corrected chi connectivity index (χ3v) is 4.46. The third-order valence-electron chi connectivity index (χ3n) is 4.46. The van der Waals surface area contributed by atoms with E-state index < -0.39 is 5.97 Å². The Morgan fingerprint density at radius 1 is 1.04 bits per heavy atom. The Labute approximate surface area is 135 Å². The second-order valence-electron chi connectivity index (χ2n) is 5.96. The first-order valence-electron chi connectivity index (χ1n) is 7.96. The van der Waals surface area contributed by atoms with Crippen molar-refractivity contribution in [3.8, 4) is 0 Å². The number of ketones is 1. The number of ether oxygens (including phenoxy) is 2. The van der Waals surface area contributed by atoms with Crippen LogP contribution >= 0.6 is 0 Å². The van der Waals surface area contributed by atoms with Crippen LogP contribution in [0.3, 0.4) is 0 Å². The van der Waals surface area contributed by atoms with Crippen molar-refractivity contribution >= 4 is 17.4 Å². The van der Waals surface area contributed by atoms with Crippen molar-refractivity contribution < 1.29 is 24.2 Å². The average Bonchev–Trinajstić information content (AvgIpc) is 3.02. The molecule has 2 aliphatic rings. The standard InChI is InChI=1S/C17H21NO5/c19-15(5-6-16(20)21)13-1-3-14(4-2-13)18-9-7-17(8-10-18)22-11-12-23-17/h1-4H,5-12H2,(H,20,21). The lowest BCUT2D eigenvalue weighted by Gasteiger charge is -2.38. The van der Waals surface area contributed by atoms with Gasteiger partial charge >= 0.3 is 5.97 Å². The SMILES string of the molecule is O=C(O)CCC(=O)c1ccc(N2CCC3(CC2)OCCO3)cc1. The smallest absolute Gasteiger partial charge is 0.303 e. The number of Topliss-reactive ketones (excluding diaryl/α,β-unsaturated/α-hetero) is 1. The lowest BCUT2D eigenvalue weighted by Crippen LogP contribution is -2.45. The Hall–Kier alpha value is -1.92. The number of hydrogen-bond donors (Lipinski definition) is 1. The third kappa shape index (κ3) is 3.71. The summed E-state index contributed by atoms with van der Waals surface area (Å²) in [5.41, 5.74) is 1.62. The molecule has 6 nitrogen and oxygen atoms in total. The van der Waals surface area contributed by atoms with Crippen LogP contribution in [0, 0.1) is 0 Å². The van der Waals surface area contributed by atoms with Gasteiger partial charge in [0.1, 0.15) is 0 Å². The fraction of sp³-hybridized carbons (Fsp3) is 0.529. The summed E-state index contributed by atoms with van der Waals surface area (Å²) in [6.45, 7) is 3.05. The largest absolute Gasteiger partial charge is 0.481 e. The molecule has 0 atom stereocenters. The summed E-state index contributed by atoms with van der Waals surface area (Å²) in [5, 5.41) is 8.63. The molecule has 2 saturated heterocycles. The number of hydrogen-bond acceptors (Lipinski definition) is 5. The van der Waals surface area contributed by atoms with E-state index in [2.05, 4.69) is 4.90 Å². The van der Waals surface area contributed by atoms with E-state index in [-0.39, 0.29) is 24.4 Å². The van der Waals surface area contributed by atoms with E-state index in [1.54, 1.807) is 12.1 Å². The van der Waals surface area contributed by atoms with Crippen LogP contribution in [-0.2, 0) is 14.3 Å². The quantitative estimate of drug-likeness (QED) is 0.837. The molecule has 0 bridgehead atoms. The molecule has 0 aliphatic carbocycles. The highest BCUT2D eigenvalue weighted by atomic mass is 16.7. The van der Waals surface area contributed by atoms with Gasteiger partial charge in [0, 0.05) is 43.6 Å². The summed E-state index contributed by atoms with van der Waals surface area (Å²) in [4.78, 5) is 24.7. The topological polar surface area (TPSA) is 76.1 Å². The Morgan fingerprint density at radius 2 is 1.65 bits per heavy atom. The zero-order chi connectivity index (χ0) is 16.3. The van der Waals surface area contributed by atoms with E-state index in [9.17, 15) is 9.59 Å². The van der Waals surface area contributed by atoms with Gasteiger partial charge in [0.2, 0.25) is 0 Å². The minimum absolute atomic E-state index is 0.0373. The van der Waals surface area contributed by atoms with E-state index in [1.807, 2.05) is 12.1 Å². The lowest BCUT2D eigenvalue weighted by atomic mass is 10.0. The Kier molecular flexibility index (Phi) is 4.63. The van der Waals surface area contributed by atoms with E-state index >= 15 is 0 Å². The molecular weight excluding hydrogens is 298 g/mol. The van der Waals surface area contributed by atoms with Gasteiger partial charge < -0.3 is 19.5 Å². The Bertz CT molecular complexity index is 567. The van der Waals surface area contributed by atoms with Crippen LogP contribution < -0.4 is 4.90 Å². The fourth-order valence-corrected chi connectivity index (χ4v) is 3.11.